The highest BCUT2D eigenvalue weighted by Gasteiger charge is 2.10. The summed E-state index contributed by atoms with van der Waals surface area (Å²) in [7, 11) is -3.51. The molecule has 0 radical (unpaired) electrons. The van der Waals surface area contributed by atoms with Gasteiger partial charge in [-0.3, -0.25) is 4.72 Å². The third kappa shape index (κ3) is 5.16. The smallest absolute Gasteiger partial charge is 0.299 e. The van der Waals surface area contributed by atoms with E-state index in [1.807, 2.05) is 0 Å². The van der Waals surface area contributed by atoms with Crippen LogP contribution in [0, 0.1) is 0 Å². The predicted molar refractivity (Wildman–Crippen MR) is 68.0 cm³/mol. The van der Waals surface area contributed by atoms with Crippen molar-refractivity contribution in [2.45, 2.75) is 26.3 Å². The van der Waals surface area contributed by atoms with Gasteiger partial charge in [0, 0.05) is 18.3 Å². The number of hydrogen-bond donors (Lipinski definition) is 3. The average Bonchev–Trinajstić information content (AvgIpc) is 2.18. The first-order valence-electron chi connectivity index (χ1n) is 5.43. The quantitative estimate of drug-likeness (QED) is 0.708. The highest BCUT2D eigenvalue weighted by molar-refractivity contribution is 7.90. The third-order valence-corrected chi connectivity index (χ3v) is 3.28. The number of benzene rings is 1. The fourth-order valence-corrected chi connectivity index (χ4v) is 2.49. The van der Waals surface area contributed by atoms with Gasteiger partial charge in [0.2, 0.25) is 0 Å². The van der Waals surface area contributed by atoms with Crippen LogP contribution < -0.4 is 9.44 Å². The molecule has 96 valence electrons. The van der Waals surface area contributed by atoms with E-state index in [0.717, 1.165) is 5.56 Å². The van der Waals surface area contributed by atoms with Crippen LogP contribution in [0.25, 0.3) is 0 Å². The summed E-state index contributed by atoms with van der Waals surface area (Å²) in [5.74, 6) is 0. The topological polar surface area (TPSA) is 78.4 Å². The van der Waals surface area contributed by atoms with E-state index in [-0.39, 0.29) is 12.6 Å². The minimum absolute atomic E-state index is 0.0833. The first kappa shape index (κ1) is 14.0. The molecule has 1 aromatic carbocycles. The van der Waals surface area contributed by atoms with Crippen LogP contribution >= 0.6 is 0 Å². The van der Waals surface area contributed by atoms with E-state index < -0.39 is 10.2 Å². The third-order valence-electron chi connectivity index (χ3n) is 2.00. The SMILES string of the molecule is CC(C)NS(=O)(=O)Nc1ccc(CCO)cc1. The van der Waals surface area contributed by atoms with Crippen molar-refractivity contribution in [1.29, 1.82) is 0 Å². The Kier molecular flexibility index (Phi) is 4.92. The molecule has 0 fully saturated rings. The molecule has 3 N–H and O–H groups in total. The molecule has 0 aromatic heterocycles. The van der Waals surface area contributed by atoms with Gasteiger partial charge in [-0.15, -0.1) is 0 Å². The summed E-state index contributed by atoms with van der Waals surface area (Å²) in [4.78, 5) is 0. The molecule has 0 unspecified atom stereocenters. The molecule has 0 saturated heterocycles. The molecule has 0 amide bonds. The average molecular weight is 258 g/mol. The van der Waals surface area contributed by atoms with Crippen LogP contribution in [0.1, 0.15) is 19.4 Å². The highest BCUT2D eigenvalue weighted by atomic mass is 32.2. The molecule has 0 atom stereocenters. The van der Waals surface area contributed by atoms with Crippen molar-refractivity contribution in [3.05, 3.63) is 29.8 Å². The largest absolute Gasteiger partial charge is 0.396 e. The number of rotatable bonds is 6. The molecule has 0 aliphatic carbocycles. The summed E-state index contributed by atoms with van der Waals surface area (Å²) in [5, 5.41) is 8.75. The van der Waals surface area contributed by atoms with E-state index in [1.54, 1.807) is 38.1 Å². The lowest BCUT2D eigenvalue weighted by molar-refractivity contribution is 0.299. The first-order valence-corrected chi connectivity index (χ1v) is 6.91. The predicted octanol–water partition coefficient (Wildman–Crippen LogP) is 0.876. The second-order valence-electron chi connectivity index (χ2n) is 4.05. The molecule has 17 heavy (non-hydrogen) atoms. The van der Waals surface area contributed by atoms with Crippen LogP contribution in [0.4, 0.5) is 5.69 Å². The normalized spacial score (nSPS) is 11.8. The molecule has 0 bridgehead atoms. The molecule has 0 saturated carbocycles. The number of aliphatic hydroxyl groups is 1. The summed E-state index contributed by atoms with van der Waals surface area (Å²) < 4.78 is 28.0. The minimum atomic E-state index is -3.51. The standard InChI is InChI=1S/C11H18N2O3S/c1-9(2)12-17(15,16)13-11-5-3-10(4-6-11)7-8-14/h3-6,9,12-14H,7-8H2,1-2H3. The van der Waals surface area contributed by atoms with E-state index in [2.05, 4.69) is 9.44 Å². The maximum absolute atomic E-state index is 11.6. The van der Waals surface area contributed by atoms with Gasteiger partial charge in [-0.2, -0.15) is 13.1 Å². The maximum atomic E-state index is 11.6. The monoisotopic (exact) mass is 258 g/mol. The van der Waals surface area contributed by atoms with Gasteiger partial charge in [0.1, 0.15) is 0 Å². The van der Waals surface area contributed by atoms with Crippen LogP contribution in [0.2, 0.25) is 0 Å². The highest BCUT2D eigenvalue weighted by Crippen LogP contribution is 2.11. The molecule has 0 spiro atoms. The van der Waals surface area contributed by atoms with Crippen LogP contribution in [0.3, 0.4) is 0 Å². The van der Waals surface area contributed by atoms with Crippen molar-refractivity contribution in [2.24, 2.45) is 0 Å². The summed E-state index contributed by atoms with van der Waals surface area (Å²) in [6.07, 6.45) is 0.567. The Morgan fingerprint density at radius 3 is 2.29 bits per heavy atom. The van der Waals surface area contributed by atoms with Crippen molar-refractivity contribution in [1.82, 2.24) is 4.72 Å². The number of nitrogens with one attached hydrogen (secondary N) is 2. The fraction of sp³-hybridized carbons (Fsp3) is 0.455. The van der Waals surface area contributed by atoms with Gasteiger partial charge in [-0.1, -0.05) is 12.1 Å². The lowest BCUT2D eigenvalue weighted by Gasteiger charge is -2.11. The van der Waals surface area contributed by atoms with E-state index >= 15 is 0 Å². The molecular weight excluding hydrogens is 240 g/mol. The van der Waals surface area contributed by atoms with Crippen LogP contribution in [-0.2, 0) is 16.6 Å². The number of anilines is 1. The molecule has 1 rings (SSSR count). The van der Waals surface area contributed by atoms with Crippen LogP contribution in [0.15, 0.2) is 24.3 Å². The van der Waals surface area contributed by atoms with Gasteiger partial charge in [-0.05, 0) is 38.0 Å². The van der Waals surface area contributed by atoms with Crippen molar-refractivity contribution >= 4 is 15.9 Å². The second-order valence-corrected chi connectivity index (χ2v) is 5.50. The van der Waals surface area contributed by atoms with Gasteiger partial charge in [-0.25, -0.2) is 0 Å². The lowest BCUT2D eigenvalue weighted by atomic mass is 10.1. The molecule has 0 aliphatic rings. The van der Waals surface area contributed by atoms with Crippen molar-refractivity contribution in [3.8, 4) is 0 Å². The Hall–Kier alpha value is -1.11. The Morgan fingerprint density at radius 1 is 1.24 bits per heavy atom. The van der Waals surface area contributed by atoms with Crippen molar-refractivity contribution < 1.29 is 13.5 Å². The zero-order chi connectivity index (χ0) is 12.9. The summed E-state index contributed by atoms with van der Waals surface area (Å²) >= 11 is 0. The Balaban J connectivity index is 2.69. The van der Waals surface area contributed by atoms with E-state index in [9.17, 15) is 8.42 Å². The Labute approximate surface area is 102 Å². The Morgan fingerprint density at radius 2 is 1.82 bits per heavy atom. The first-order chi connectivity index (χ1) is 7.93. The lowest BCUT2D eigenvalue weighted by Crippen LogP contribution is -2.35. The minimum Gasteiger partial charge on any atom is -0.396 e. The molecule has 0 heterocycles. The molecule has 0 aliphatic heterocycles. The maximum Gasteiger partial charge on any atom is 0.299 e. The summed E-state index contributed by atoms with van der Waals surface area (Å²) in [6.45, 7) is 3.59. The summed E-state index contributed by atoms with van der Waals surface area (Å²) in [6, 6.07) is 6.75. The van der Waals surface area contributed by atoms with Crippen molar-refractivity contribution in [3.63, 3.8) is 0 Å². The fourth-order valence-electron chi connectivity index (χ4n) is 1.36. The second kappa shape index (κ2) is 6.00. The Bertz CT molecular complexity index is 440. The van der Waals surface area contributed by atoms with Crippen LogP contribution in [-0.4, -0.2) is 26.2 Å². The molecular formula is C11H18N2O3S. The molecule has 6 heteroatoms. The van der Waals surface area contributed by atoms with E-state index in [1.165, 1.54) is 0 Å². The van der Waals surface area contributed by atoms with Gasteiger partial charge in [0.05, 0.1) is 0 Å². The molecule has 1 aromatic rings. The number of aliphatic hydroxyl groups excluding tert-OH is 1. The van der Waals surface area contributed by atoms with Crippen molar-refractivity contribution in [2.75, 3.05) is 11.3 Å². The van der Waals surface area contributed by atoms with Gasteiger partial charge >= 0.3 is 0 Å². The van der Waals surface area contributed by atoms with E-state index in [4.69, 9.17) is 5.11 Å². The van der Waals surface area contributed by atoms with Crippen LogP contribution in [0.5, 0.6) is 0 Å². The summed E-state index contributed by atoms with van der Waals surface area (Å²) in [5.41, 5.74) is 1.46. The zero-order valence-electron chi connectivity index (χ0n) is 9.97. The number of hydrogen-bond acceptors (Lipinski definition) is 3. The van der Waals surface area contributed by atoms with Gasteiger partial charge in [0.25, 0.3) is 10.2 Å². The van der Waals surface area contributed by atoms with E-state index in [0.29, 0.717) is 12.1 Å². The van der Waals surface area contributed by atoms with Gasteiger partial charge in [0.15, 0.2) is 0 Å². The van der Waals surface area contributed by atoms with Gasteiger partial charge < -0.3 is 5.11 Å². The zero-order valence-corrected chi connectivity index (χ0v) is 10.8. The molecule has 5 nitrogen and oxygen atoms in total.